The number of rotatable bonds is 8. The summed E-state index contributed by atoms with van der Waals surface area (Å²) in [6, 6.07) is 13.9. The third-order valence-corrected chi connectivity index (χ3v) is 5.97. The molecule has 7 nitrogen and oxygen atoms in total. The Morgan fingerprint density at radius 1 is 1.24 bits per heavy atom. The minimum atomic E-state index is -0.953. The van der Waals surface area contributed by atoms with Crippen molar-refractivity contribution in [1.82, 2.24) is 15.8 Å². The van der Waals surface area contributed by atoms with Crippen molar-refractivity contribution in [2.45, 2.75) is 50.4 Å². The molecule has 2 aliphatic heterocycles. The molecule has 3 N–H and O–H groups in total. The van der Waals surface area contributed by atoms with Crippen molar-refractivity contribution in [2.75, 3.05) is 25.0 Å². The highest BCUT2D eigenvalue weighted by Gasteiger charge is 2.32. The van der Waals surface area contributed by atoms with Gasteiger partial charge in [-0.1, -0.05) is 30.3 Å². The summed E-state index contributed by atoms with van der Waals surface area (Å²) in [5, 5.41) is 7.09. The van der Waals surface area contributed by atoms with Gasteiger partial charge in [0.25, 0.3) is 0 Å². The number of hydroxylamine groups is 1. The minimum Gasteiger partial charge on any atom is -0.363 e. The van der Waals surface area contributed by atoms with Gasteiger partial charge in [0.2, 0.25) is 0 Å². The molecule has 2 fully saturated rings. The van der Waals surface area contributed by atoms with Crippen molar-refractivity contribution in [2.24, 2.45) is 0 Å². The first kappa shape index (κ1) is 23.4. The SMILES string of the molecule is O=C(NOC1CCCCO1)/C(F)=C/c1ccc(N[C@@]2(Cc3ccccc3)CCCNC2)nc1. The van der Waals surface area contributed by atoms with E-state index in [0.717, 1.165) is 57.1 Å². The number of carbonyl (C=O) groups is 1. The van der Waals surface area contributed by atoms with E-state index in [1.165, 1.54) is 5.56 Å². The van der Waals surface area contributed by atoms with Gasteiger partial charge in [-0.25, -0.2) is 19.7 Å². The Bertz CT molecular complexity index is 924. The molecule has 3 heterocycles. The topological polar surface area (TPSA) is 84.5 Å². The van der Waals surface area contributed by atoms with E-state index in [1.54, 1.807) is 12.3 Å². The summed E-state index contributed by atoms with van der Waals surface area (Å²) in [6.45, 7) is 2.42. The van der Waals surface area contributed by atoms with E-state index in [0.29, 0.717) is 18.6 Å². The Kier molecular flexibility index (Phi) is 8.04. The first-order valence-electron chi connectivity index (χ1n) is 11.6. The molecule has 0 aliphatic carbocycles. The van der Waals surface area contributed by atoms with Crippen molar-refractivity contribution in [3.05, 3.63) is 65.6 Å². The van der Waals surface area contributed by atoms with Crippen LogP contribution in [0.15, 0.2) is 54.5 Å². The summed E-state index contributed by atoms with van der Waals surface area (Å²) >= 11 is 0. The number of hydrogen-bond donors (Lipinski definition) is 3. The number of carbonyl (C=O) groups excluding carboxylic acids is 1. The van der Waals surface area contributed by atoms with Gasteiger partial charge in [0.15, 0.2) is 12.1 Å². The normalized spacial score (nSPS) is 23.7. The van der Waals surface area contributed by atoms with Gasteiger partial charge < -0.3 is 15.4 Å². The van der Waals surface area contributed by atoms with Crippen LogP contribution in [0.5, 0.6) is 0 Å². The predicted octanol–water partition coefficient (Wildman–Crippen LogP) is 3.74. The van der Waals surface area contributed by atoms with Crippen LogP contribution in [-0.2, 0) is 20.8 Å². The fourth-order valence-electron chi connectivity index (χ4n) is 4.28. The second kappa shape index (κ2) is 11.4. The number of ether oxygens (including phenoxy) is 1. The molecule has 2 aliphatic rings. The number of amides is 1. The summed E-state index contributed by atoms with van der Waals surface area (Å²) in [7, 11) is 0. The second-order valence-electron chi connectivity index (χ2n) is 8.66. The molecule has 8 heteroatoms. The molecule has 1 unspecified atom stereocenters. The zero-order chi connectivity index (χ0) is 22.9. The number of nitrogens with zero attached hydrogens (tertiary/aromatic N) is 1. The van der Waals surface area contributed by atoms with Crippen LogP contribution in [0.1, 0.15) is 43.2 Å². The number of nitrogens with one attached hydrogen (secondary N) is 3. The summed E-state index contributed by atoms with van der Waals surface area (Å²) in [5.41, 5.74) is 3.73. The predicted molar refractivity (Wildman–Crippen MR) is 125 cm³/mol. The van der Waals surface area contributed by atoms with Crippen LogP contribution < -0.4 is 16.1 Å². The highest BCUT2D eigenvalue weighted by molar-refractivity contribution is 5.94. The first-order valence-corrected chi connectivity index (χ1v) is 11.6. The Labute approximate surface area is 193 Å². The Morgan fingerprint density at radius 2 is 2.12 bits per heavy atom. The first-order chi connectivity index (χ1) is 16.1. The van der Waals surface area contributed by atoms with E-state index in [1.807, 2.05) is 12.1 Å². The van der Waals surface area contributed by atoms with Crippen molar-refractivity contribution in [1.29, 1.82) is 0 Å². The standard InChI is InChI=1S/C25H31FN4O3/c26-21(24(31)30-33-23-9-4-5-14-32-23)15-20-10-11-22(28-17-20)29-25(12-6-13-27-18-25)16-19-7-2-1-3-8-19/h1-3,7-8,10-11,15,17,23,27H,4-6,9,12-14,16,18H2,(H,28,29)(H,30,31)/b21-15-/t23?,25-/m1/s1. The van der Waals surface area contributed by atoms with Crippen LogP contribution in [0.3, 0.4) is 0 Å². The van der Waals surface area contributed by atoms with Crippen LogP contribution >= 0.6 is 0 Å². The zero-order valence-corrected chi connectivity index (χ0v) is 18.7. The van der Waals surface area contributed by atoms with E-state index in [4.69, 9.17) is 9.57 Å². The zero-order valence-electron chi connectivity index (χ0n) is 18.7. The van der Waals surface area contributed by atoms with Crippen molar-refractivity contribution in [3.63, 3.8) is 0 Å². The molecule has 1 aromatic heterocycles. The fourth-order valence-corrected chi connectivity index (χ4v) is 4.28. The highest BCUT2D eigenvalue weighted by atomic mass is 19.1. The third kappa shape index (κ3) is 6.83. The average molecular weight is 455 g/mol. The monoisotopic (exact) mass is 454 g/mol. The van der Waals surface area contributed by atoms with E-state index in [2.05, 4.69) is 45.4 Å². The average Bonchev–Trinajstić information content (AvgIpc) is 2.85. The molecule has 176 valence electrons. The maximum Gasteiger partial charge on any atom is 0.303 e. The second-order valence-corrected chi connectivity index (χ2v) is 8.66. The summed E-state index contributed by atoms with van der Waals surface area (Å²) in [5.74, 6) is -1.18. The summed E-state index contributed by atoms with van der Waals surface area (Å²) in [4.78, 5) is 21.6. The molecule has 2 saturated heterocycles. The maximum absolute atomic E-state index is 14.3. The fraction of sp³-hybridized carbons (Fsp3) is 0.440. The molecule has 1 aromatic carbocycles. The van der Waals surface area contributed by atoms with Gasteiger partial charge in [-0.15, -0.1) is 0 Å². The van der Waals surface area contributed by atoms with Crippen molar-refractivity contribution < 1.29 is 18.8 Å². The molecule has 2 aromatic rings. The lowest BCUT2D eigenvalue weighted by Crippen LogP contribution is -2.53. The number of piperidine rings is 1. The van der Waals surface area contributed by atoms with Gasteiger partial charge in [-0.05, 0) is 68.0 Å². The number of pyridine rings is 1. The number of benzene rings is 1. The molecular weight excluding hydrogens is 423 g/mol. The number of anilines is 1. The smallest absolute Gasteiger partial charge is 0.303 e. The molecule has 0 bridgehead atoms. The molecule has 0 saturated carbocycles. The van der Waals surface area contributed by atoms with Crippen LogP contribution in [0, 0.1) is 0 Å². The van der Waals surface area contributed by atoms with E-state index < -0.39 is 18.0 Å². The number of halogens is 1. The minimum absolute atomic E-state index is 0.145. The molecule has 4 rings (SSSR count). The van der Waals surface area contributed by atoms with Gasteiger partial charge in [-0.2, -0.15) is 0 Å². The van der Waals surface area contributed by atoms with Gasteiger partial charge in [0.05, 0.1) is 5.54 Å². The largest absolute Gasteiger partial charge is 0.363 e. The Hall–Kier alpha value is -2.81. The highest BCUT2D eigenvalue weighted by Crippen LogP contribution is 2.26. The lowest BCUT2D eigenvalue weighted by molar-refractivity contribution is -0.199. The number of aromatic nitrogens is 1. The van der Waals surface area contributed by atoms with Gasteiger partial charge in [0.1, 0.15) is 5.82 Å². The lowest BCUT2D eigenvalue weighted by atomic mass is 9.84. The van der Waals surface area contributed by atoms with Crippen LogP contribution in [0.4, 0.5) is 10.2 Å². The summed E-state index contributed by atoms with van der Waals surface area (Å²) < 4.78 is 19.6. The van der Waals surface area contributed by atoms with Crippen molar-refractivity contribution in [3.8, 4) is 0 Å². The van der Waals surface area contributed by atoms with Crippen LogP contribution in [0.2, 0.25) is 0 Å². The Balaban J connectivity index is 1.36. The summed E-state index contributed by atoms with van der Waals surface area (Å²) in [6.07, 6.45) is 7.73. The lowest BCUT2D eigenvalue weighted by Gasteiger charge is -2.39. The van der Waals surface area contributed by atoms with Gasteiger partial charge in [0, 0.05) is 25.8 Å². The van der Waals surface area contributed by atoms with Gasteiger partial charge in [-0.3, -0.25) is 4.79 Å². The van der Waals surface area contributed by atoms with Crippen LogP contribution in [-0.4, -0.2) is 42.4 Å². The quantitative estimate of drug-likeness (QED) is 0.416. The van der Waals surface area contributed by atoms with E-state index in [-0.39, 0.29) is 5.54 Å². The third-order valence-electron chi connectivity index (χ3n) is 5.97. The molecule has 0 spiro atoms. The van der Waals surface area contributed by atoms with E-state index in [9.17, 15) is 9.18 Å². The molecular formula is C25H31FN4O3. The molecule has 1 amide bonds. The van der Waals surface area contributed by atoms with Crippen molar-refractivity contribution >= 4 is 17.8 Å². The molecule has 2 atom stereocenters. The molecule has 33 heavy (non-hydrogen) atoms. The number of hydrogen-bond acceptors (Lipinski definition) is 6. The van der Waals surface area contributed by atoms with E-state index >= 15 is 0 Å². The van der Waals surface area contributed by atoms with Crippen LogP contribution in [0.25, 0.3) is 6.08 Å². The molecule has 0 radical (unpaired) electrons. The Morgan fingerprint density at radius 3 is 2.82 bits per heavy atom. The maximum atomic E-state index is 14.3. The van der Waals surface area contributed by atoms with Gasteiger partial charge >= 0.3 is 5.91 Å².